The van der Waals surface area contributed by atoms with Crippen LogP contribution >= 0.6 is 0 Å². The highest BCUT2D eigenvalue weighted by atomic mass is 16.3. The summed E-state index contributed by atoms with van der Waals surface area (Å²) in [5.74, 6) is 3.59. The van der Waals surface area contributed by atoms with Crippen LogP contribution in [0.4, 0.5) is 0 Å². The zero-order valence-corrected chi connectivity index (χ0v) is 18.8. The molecular weight excluding hydrogens is 344 g/mol. The van der Waals surface area contributed by atoms with Gasteiger partial charge >= 0.3 is 0 Å². The molecule has 28 heavy (non-hydrogen) atoms. The van der Waals surface area contributed by atoms with Gasteiger partial charge in [0.15, 0.2) is 0 Å². The van der Waals surface area contributed by atoms with Gasteiger partial charge in [0.05, 0.1) is 6.10 Å². The van der Waals surface area contributed by atoms with Crippen LogP contribution in [0.1, 0.15) is 98.3 Å². The van der Waals surface area contributed by atoms with Gasteiger partial charge in [0, 0.05) is 6.61 Å². The Morgan fingerprint density at radius 3 is 2.29 bits per heavy atom. The minimum absolute atomic E-state index is 0.0762. The average Bonchev–Trinajstić information content (AvgIpc) is 3.10. The third-order valence-corrected chi connectivity index (χ3v) is 12.4. The first-order valence-electron chi connectivity index (χ1n) is 12.5. The van der Waals surface area contributed by atoms with Crippen molar-refractivity contribution in [3.63, 3.8) is 0 Å². The Hall–Kier alpha value is -0.0800. The first-order chi connectivity index (χ1) is 13.2. The van der Waals surface area contributed by atoms with Gasteiger partial charge in [0.2, 0.25) is 0 Å². The van der Waals surface area contributed by atoms with Crippen molar-refractivity contribution in [2.24, 2.45) is 51.2 Å². The fourth-order valence-corrected chi connectivity index (χ4v) is 10.6. The molecule has 0 spiro atoms. The summed E-state index contributed by atoms with van der Waals surface area (Å²) in [5.41, 5.74) is 1.56. The summed E-state index contributed by atoms with van der Waals surface area (Å²) < 4.78 is 0. The van der Waals surface area contributed by atoms with Crippen LogP contribution in [0.25, 0.3) is 0 Å². The van der Waals surface area contributed by atoms with E-state index in [9.17, 15) is 10.2 Å². The van der Waals surface area contributed by atoms with E-state index in [4.69, 9.17) is 0 Å². The molecule has 5 aliphatic rings. The summed E-state index contributed by atoms with van der Waals surface area (Å²) in [6, 6.07) is 0. The van der Waals surface area contributed by atoms with E-state index in [1.807, 2.05) is 0 Å². The first kappa shape index (κ1) is 19.9. The highest BCUT2D eigenvalue weighted by Crippen LogP contribution is 2.75. The number of aliphatic hydroxyl groups is 2. The molecule has 10 atom stereocenters. The molecule has 0 saturated heterocycles. The second-order valence-electron chi connectivity index (χ2n) is 12.7. The molecule has 0 heterocycles. The van der Waals surface area contributed by atoms with E-state index in [2.05, 4.69) is 27.7 Å². The van der Waals surface area contributed by atoms with Crippen LogP contribution < -0.4 is 0 Å². The Morgan fingerprint density at radius 2 is 1.54 bits per heavy atom. The first-order valence-corrected chi connectivity index (χ1v) is 12.5. The molecule has 0 bridgehead atoms. The van der Waals surface area contributed by atoms with Crippen LogP contribution in [0.3, 0.4) is 0 Å². The lowest BCUT2D eigenvalue weighted by Crippen LogP contribution is -2.65. The van der Waals surface area contributed by atoms with E-state index in [-0.39, 0.29) is 11.5 Å². The largest absolute Gasteiger partial charge is 0.396 e. The van der Waals surface area contributed by atoms with Crippen LogP contribution in [-0.4, -0.2) is 22.9 Å². The van der Waals surface area contributed by atoms with Gasteiger partial charge in [0.1, 0.15) is 0 Å². The Bertz CT molecular complexity index is 632. The minimum Gasteiger partial charge on any atom is -0.396 e. The molecule has 2 nitrogen and oxygen atoms in total. The van der Waals surface area contributed by atoms with Gasteiger partial charge in [-0.2, -0.15) is 0 Å². The van der Waals surface area contributed by atoms with Gasteiger partial charge in [-0.3, -0.25) is 0 Å². The lowest BCUT2D eigenvalue weighted by Gasteiger charge is -2.71. The van der Waals surface area contributed by atoms with Crippen molar-refractivity contribution in [1.82, 2.24) is 0 Å². The molecule has 5 aliphatic carbocycles. The van der Waals surface area contributed by atoms with Crippen LogP contribution in [0.5, 0.6) is 0 Å². The van der Waals surface area contributed by atoms with E-state index in [1.54, 1.807) is 0 Å². The monoisotopic (exact) mass is 388 g/mol. The fourth-order valence-electron chi connectivity index (χ4n) is 10.6. The number of hydrogen-bond donors (Lipinski definition) is 2. The number of hydrogen-bond acceptors (Lipinski definition) is 2. The van der Waals surface area contributed by atoms with Crippen molar-refractivity contribution in [2.75, 3.05) is 6.61 Å². The van der Waals surface area contributed by atoms with E-state index in [0.717, 1.165) is 24.2 Å². The molecule has 2 N–H and O–H groups in total. The summed E-state index contributed by atoms with van der Waals surface area (Å²) in [6.45, 7) is 10.7. The third-order valence-electron chi connectivity index (χ3n) is 12.4. The summed E-state index contributed by atoms with van der Waals surface area (Å²) >= 11 is 0. The highest BCUT2D eigenvalue weighted by Gasteiger charge is 2.68. The molecule has 5 rings (SSSR count). The van der Waals surface area contributed by atoms with Crippen molar-refractivity contribution >= 4 is 0 Å². The SMILES string of the molecule is C[C@@H]1C2CCC3(C)C(CCC4C5CCCC5(CO)CC[C@]43C)[C@@]2(C)CC[C@@H]1O. The third kappa shape index (κ3) is 2.23. The van der Waals surface area contributed by atoms with E-state index in [1.165, 1.54) is 64.2 Å². The van der Waals surface area contributed by atoms with Crippen molar-refractivity contribution in [2.45, 2.75) is 104 Å². The van der Waals surface area contributed by atoms with Gasteiger partial charge in [0.25, 0.3) is 0 Å². The highest BCUT2D eigenvalue weighted by molar-refractivity contribution is 5.17. The molecule has 0 radical (unpaired) electrons. The number of aliphatic hydroxyl groups excluding tert-OH is 2. The normalized spacial score (nSPS) is 61.1. The maximum atomic E-state index is 10.6. The maximum Gasteiger partial charge on any atom is 0.0568 e. The lowest BCUT2D eigenvalue weighted by molar-refractivity contribution is -0.235. The Morgan fingerprint density at radius 1 is 0.750 bits per heavy atom. The van der Waals surface area contributed by atoms with Crippen LogP contribution in [0.15, 0.2) is 0 Å². The minimum atomic E-state index is -0.0762. The molecule has 160 valence electrons. The molecule has 6 unspecified atom stereocenters. The van der Waals surface area contributed by atoms with Crippen LogP contribution in [-0.2, 0) is 0 Å². The topological polar surface area (TPSA) is 40.5 Å². The zero-order chi connectivity index (χ0) is 19.9. The smallest absolute Gasteiger partial charge is 0.0568 e. The average molecular weight is 389 g/mol. The number of rotatable bonds is 1. The zero-order valence-electron chi connectivity index (χ0n) is 18.8. The molecule has 0 aromatic carbocycles. The second-order valence-corrected chi connectivity index (χ2v) is 12.7. The van der Waals surface area contributed by atoms with Gasteiger partial charge in [-0.15, -0.1) is 0 Å². The van der Waals surface area contributed by atoms with E-state index >= 15 is 0 Å². The molecule has 5 saturated carbocycles. The Kier molecular flexibility index (Phi) is 4.41. The summed E-state index contributed by atoms with van der Waals surface area (Å²) in [6.07, 6.45) is 14.2. The molecular formula is C26H44O2. The fraction of sp³-hybridized carbons (Fsp3) is 1.00. The molecule has 0 aromatic heterocycles. The standard InChI is InChI=1S/C26H44O2/c1-17-18-9-13-25(4)22(23(18,2)12-10-21(17)28)8-7-19-20-6-5-11-26(20,16-27)15-14-24(19,25)3/h17-22,27-28H,5-16H2,1-4H3/t17-,18?,19?,20?,21+,22?,23+,24-,25?,26?/m1/s1. The van der Waals surface area contributed by atoms with Gasteiger partial charge in [-0.25, -0.2) is 0 Å². The summed E-state index contributed by atoms with van der Waals surface area (Å²) in [4.78, 5) is 0. The van der Waals surface area contributed by atoms with Crippen LogP contribution in [0, 0.1) is 51.2 Å². The Balaban J connectivity index is 1.51. The van der Waals surface area contributed by atoms with Crippen molar-refractivity contribution < 1.29 is 10.2 Å². The van der Waals surface area contributed by atoms with Crippen molar-refractivity contribution in [3.05, 3.63) is 0 Å². The molecule has 5 fully saturated rings. The number of fused-ring (bicyclic) bond motifs is 7. The maximum absolute atomic E-state index is 10.6. The van der Waals surface area contributed by atoms with E-state index in [0.29, 0.717) is 34.7 Å². The summed E-state index contributed by atoms with van der Waals surface area (Å²) in [7, 11) is 0. The van der Waals surface area contributed by atoms with Crippen molar-refractivity contribution in [3.8, 4) is 0 Å². The Labute approximate surface area is 172 Å². The van der Waals surface area contributed by atoms with Crippen LogP contribution in [0.2, 0.25) is 0 Å². The predicted octanol–water partition coefficient (Wildman–Crippen LogP) is 5.80. The lowest BCUT2D eigenvalue weighted by atomic mass is 9.33. The van der Waals surface area contributed by atoms with Gasteiger partial charge in [-0.1, -0.05) is 34.1 Å². The van der Waals surface area contributed by atoms with E-state index < -0.39 is 0 Å². The molecule has 0 aliphatic heterocycles. The second kappa shape index (κ2) is 6.22. The quantitative estimate of drug-likeness (QED) is 0.595. The van der Waals surface area contributed by atoms with Gasteiger partial charge < -0.3 is 10.2 Å². The summed E-state index contributed by atoms with van der Waals surface area (Å²) in [5, 5.41) is 20.9. The molecule has 0 amide bonds. The predicted molar refractivity (Wildman–Crippen MR) is 114 cm³/mol. The van der Waals surface area contributed by atoms with Crippen molar-refractivity contribution in [1.29, 1.82) is 0 Å². The molecule has 2 heteroatoms. The van der Waals surface area contributed by atoms with Gasteiger partial charge in [-0.05, 0) is 115 Å². The molecule has 0 aromatic rings.